The fourth-order valence-corrected chi connectivity index (χ4v) is 2.66. The van der Waals surface area contributed by atoms with Crippen molar-refractivity contribution in [1.29, 1.82) is 0 Å². The third-order valence-electron chi connectivity index (χ3n) is 4.06. The molecule has 0 saturated heterocycles. The molecule has 0 radical (unpaired) electrons. The maximum Gasteiger partial charge on any atom is 0.303 e. The molecular weight excluding hydrogens is 268 g/mol. The summed E-state index contributed by atoms with van der Waals surface area (Å²) in [7, 11) is 0. The molecule has 0 amide bonds. The van der Waals surface area contributed by atoms with E-state index in [-0.39, 0.29) is 12.2 Å². The quantitative estimate of drug-likeness (QED) is 0.778. The van der Waals surface area contributed by atoms with Gasteiger partial charge in [0.2, 0.25) is 0 Å². The molecule has 21 heavy (non-hydrogen) atoms. The molecule has 1 aromatic rings. The first-order chi connectivity index (χ1) is 9.91. The van der Waals surface area contributed by atoms with Crippen molar-refractivity contribution in [2.24, 2.45) is 0 Å². The van der Waals surface area contributed by atoms with Gasteiger partial charge in [0.25, 0.3) is 0 Å². The number of benzene rings is 1. The van der Waals surface area contributed by atoms with Gasteiger partial charge in [-0.25, -0.2) is 0 Å². The average molecular weight is 288 g/mol. The Morgan fingerprint density at radius 2 is 2.00 bits per heavy atom. The normalized spacial score (nSPS) is 20.7. The van der Waals surface area contributed by atoms with E-state index in [4.69, 9.17) is 5.11 Å². The molecule has 2 rings (SSSR count). The first-order valence-electron chi connectivity index (χ1n) is 7.00. The largest absolute Gasteiger partial charge is 0.508 e. The molecule has 4 nitrogen and oxygen atoms in total. The van der Waals surface area contributed by atoms with Crippen LogP contribution in [-0.4, -0.2) is 27.4 Å². The van der Waals surface area contributed by atoms with Crippen LogP contribution in [0.3, 0.4) is 0 Å². The van der Waals surface area contributed by atoms with Crippen LogP contribution < -0.4 is 0 Å². The number of carbonyl (C=O) groups is 1. The average Bonchev–Trinajstić information content (AvgIpc) is 2.46. The number of allylic oxidation sites excluding steroid dienone is 2. The van der Waals surface area contributed by atoms with Crippen molar-refractivity contribution in [3.8, 4) is 5.75 Å². The van der Waals surface area contributed by atoms with Gasteiger partial charge in [0.1, 0.15) is 5.75 Å². The zero-order chi connectivity index (χ0) is 15.5. The first kappa shape index (κ1) is 15.3. The summed E-state index contributed by atoms with van der Waals surface area (Å²) in [5, 5.41) is 28.0. The number of phenols is 1. The predicted molar refractivity (Wildman–Crippen MR) is 80.2 cm³/mol. The van der Waals surface area contributed by atoms with Crippen LogP contribution >= 0.6 is 0 Å². The van der Waals surface area contributed by atoms with Crippen LogP contribution in [0.2, 0.25) is 0 Å². The minimum atomic E-state index is -0.833. The SMILES string of the molecule is CC(CCC(=O)O)(C1=CCC(O)C=C1)c1ccc(O)cc1. The predicted octanol–water partition coefficient (Wildman–Crippen LogP) is 2.76. The van der Waals surface area contributed by atoms with E-state index in [0.717, 1.165) is 11.1 Å². The molecule has 0 spiro atoms. The molecule has 2 unspecified atom stereocenters. The standard InChI is InChI=1S/C17H20O4/c1-17(11-10-16(20)21,12-2-6-14(18)7-3-12)13-4-8-15(19)9-5-13/h2-8,15,18-19H,9-11H2,1H3,(H,20,21). The lowest BCUT2D eigenvalue weighted by molar-refractivity contribution is -0.137. The van der Waals surface area contributed by atoms with Crippen LogP contribution in [0.1, 0.15) is 31.7 Å². The first-order valence-corrected chi connectivity index (χ1v) is 7.00. The molecule has 1 aliphatic rings. The van der Waals surface area contributed by atoms with Crippen molar-refractivity contribution in [3.63, 3.8) is 0 Å². The van der Waals surface area contributed by atoms with Crippen LogP contribution in [0.25, 0.3) is 0 Å². The van der Waals surface area contributed by atoms with Gasteiger partial charge in [-0.2, -0.15) is 0 Å². The van der Waals surface area contributed by atoms with Crippen molar-refractivity contribution < 1.29 is 20.1 Å². The van der Waals surface area contributed by atoms with Gasteiger partial charge in [0, 0.05) is 11.8 Å². The minimum absolute atomic E-state index is 0.0606. The number of aliphatic carboxylic acids is 1. The second kappa shape index (κ2) is 6.14. The zero-order valence-corrected chi connectivity index (χ0v) is 12.0. The van der Waals surface area contributed by atoms with E-state index in [1.165, 1.54) is 0 Å². The monoisotopic (exact) mass is 288 g/mol. The molecule has 0 bridgehead atoms. The Balaban J connectivity index is 2.36. The summed E-state index contributed by atoms with van der Waals surface area (Å²) in [5.74, 6) is -0.650. The van der Waals surface area contributed by atoms with Gasteiger partial charge < -0.3 is 15.3 Å². The van der Waals surface area contributed by atoms with Crippen molar-refractivity contribution >= 4 is 5.97 Å². The van der Waals surface area contributed by atoms with Gasteiger partial charge in [-0.15, -0.1) is 0 Å². The number of carboxylic acids is 1. The Morgan fingerprint density at radius 3 is 2.52 bits per heavy atom. The molecule has 1 aliphatic carbocycles. The molecule has 3 N–H and O–H groups in total. The maximum absolute atomic E-state index is 10.9. The lowest BCUT2D eigenvalue weighted by Crippen LogP contribution is -2.27. The number of aliphatic hydroxyl groups is 1. The highest BCUT2D eigenvalue weighted by Crippen LogP contribution is 2.39. The third-order valence-corrected chi connectivity index (χ3v) is 4.06. The number of aromatic hydroxyl groups is 1. The minimum Gasteiger partial charge on any atom is -0.508 e. The van der Waals surface area contributed by atoms with Crippen LogP contribution in [0.15, 0.2) is 48.1 Å². The molecule has 0 fully saturated rings. The van der Waals surface area contributed by atoms with E-state index in [1.807, 2.05) is 31.2 Å². The van der Waals surface area contributed by atoms with Gasteiger partial charge in [-0.1, -0.05) is 37.3 Å². The molecule has 1 aromatic carbocycles. The third kappa shape index (κ3) is 3.52. The molecule has 0 heterocycles. The summed E-state index contributed by atoms with van der Waals surface area (Å²) < 4.78 is 0. The Labute approximate surface area is 124 Å². The van der Waals surface area contributed by atoms with Gasteiger partial charge in [-0.3, -0.25) is 4.79 Å². The van der Waals surface area contributed by atoms with Crippen molar-refractivity contribution in [2.75, 3.05) is 0 Å². The summed E-state index contributed by atoms with van der Waals surface area (Å²) in [6.45, 7) is 2.00. The van der Waals surface area contributed by atoms with Gasteiger partial charge >= 0.3 is 5.97 Å². The topological polar surface area (TPSA) is 77.8 Å². The molecule has 4 heteroatoms. The molecular formula is C17H20O4. The van der Waals surface area contributed by atoms with Gasteiger partial charge in [0.05, 0.1) is 6.10 Å². The summed E-state index contributed by atoms with van der Waals surface area (Å²) >= 11 is 0. The number of phenolic OH excluding ortho intramolecular Hbond substituents is 1. The Morgan fingerprint density at radius 1 is 1.33 bits per heavy atom. The number of hydrogen-bond acceptors (Lipinski definition) is 3. The van der Waals surface area contributed by atoms with Crippen LogP contribution in [-0.2, 0) is 10.2 Å². The second-order valence-electron chi connectivity index (χ2n) is 5.59. The van der Waals surface area contributed by atoms with Crippen LogP contribution in [0, 0.1) is 0 Å². The Hall–Kier alpha value is -2.07. The second-order valence-corrected chi connectivity index (χ2v) is 5.59. The maximum atomic E-state index is 10.9. The van der Waals surface area contributed by atoms with E-state index in [2.05, 4.69) is 0 Å². The molecule has 2 atom stereocenters. The Kier molecular flexibility index (Phi) is 4.48. The molecule has 0 saturated carbocycles. The van der Waals surface area contributed by atoms with E-state index in [1.54, 1.807) is 18.2 Å². The lowest BCUT2D eigenvalue weighted by atomic mass is 9.71. The number of carboxylic acid groups (broad SMARTS) is 1. The lowest BCUT2D eigenvalue weighted by Gasteiger charge is -2.33. The zero-order valence-electron chi connectivity index (χ0n) is 12.0. The number of aliphatic hydroxyl groups excluding tert-OH is 1. The van der Waals surface area contributed by atoms with E-state index >= 15 is 0 Å². The number of hydrogen-bond donors (Lipinski definition) is 3. The molecule has 0 aromatic heterocycles. The highest BCUT2D eigenvalue weighted by Gasteiger charge is 2.31. The van der Waals surface area contributed by atoms with E-state index in [0.29, 0.717) is 12.8 Å². The number of rotatable bonds is 5. The van der Waals surface area contributed by atoms with Crippen molar-refractivity contribution in [3.05, 3.63) is 53.6 Å². The highest BCUT2D eigenvalue weighted by atomic mass is 16.4. The summed E-state index contributed by atoms with van der Waals surface area (Å²) in [6.07, 6.45) is 6.13. The van der Waals surface area contributed by atoms with Gasteiger partial charge in [-0.05, 0) is 36.1 Å². The van der Waals surface area contributed by atoms with E-state index in [9.17, 15) is 15.0 Å². The van der Waals surface area contributed by atoms with Crippen LogP contribution in [0.5, 0.6) is 5.75 Å². The van der Waals surface area contributed by atoms with Crippen molar-refractivity contribution in [2.45, 2.75) is 37.7 Å². The summed E-state index contributed by atoms with van der Waals surface area (Å²) in [6, 6.07) is 6.85. The highest BCUT2D eigenvalue weighted by molar-refractivity contribution is 5.67. The fourth-order valence-electron chi connectivity index (χ4n) is 2.66. The fraction of sp³-hybridized carbons (Fsp3) is 0.353. The molecule has 0 aliphatic heterocycles. The van der Waals surface area contributed by atoms with Gasteiger partial charge in [0.15, 0.2) is 0 Å². The summed E-state index contributed by atoms with van der Waals surface area (Å²) in [4.78, 5) is 10.9. The van der Waals surface area contributed by atoms with Crippen molar-refractivity contribution in [1.82, 2.24) is 0 Å². The summed E-state index contributed by atoms with van der Waals surface area (Å²) in [5.41, 5.74) is 1.50. The Bertz CT molecular complexity index is 571. The smallest absolute Gasteiger partial charge is 0.303 e. The van der Waals surface area contributed by atoms with Crippen LogP contribution in [0.4, 0.5) is 0 Å². The van der Waals surface area contributed by atoms with E-state index < -0.39 is 17.5 Å². The molecule has 112 valence electrons.